The van der Waals surface area contributed by atoms with Crippen LogP contribution in [0.3, 0.4) is 0 Å². The van der Waals surface area contributed by atoms with Crippen LogP contribution in [-0.4, -0.2) is 46.4 Å². The summed E-state index contributed by atoms with van der Waals surface area (Å²) >= 11 is 6.20. The van der Waals surface area contributed by atoms with Gasteiger partial charge >= 0.3 is 6.03 Å². The Balaban J connectivity index is 1.48. The van der Waals surface area contributed by atoms with Gasteiger partial charge in [-0.15, -0.1) is 0 Å². The van der Waals surface area contributed by atoms with E-state index in [2.05, 4.69) is 15.3 Å². The summed E-state index contributed by atoms with van der Waals surface area (Å²) in [5.74, 6) is 0.600. The summed E-state index contributed by atoms with van der Waals surface area (Å²) in [6.45, 7) is 3.28. The van der Waals surface area contributed by atoms with Gasteiger partial charge in [-0.1, -0.05) is 29.8 Å². The lowest BCUT2D eigenvalue weighted by molar-refractivity contribution is 0.0765. The topological polar surface area (TPSA) is 50.2 Å². The molecule has 3 aliphatic rings. The first-order valence-electron chi connectivity index (χ1n) is 8.03. The zero-order valence-electron chi connectivity index (χ0n) is 12.8. The number of amides is 1. The van der Waals surface area contributed by atoms with E-state index in [9.17, 15) is 4.79 Å². The number of hydrogen-bond donors (Lipinski definition) is 1. The molecule has 4 heterocycles. The van der Waals surface area contributed by atoms with Crippen molar-refractivity contribution in [2.75, 3.05) is 19.6 Å². The molecule has 3 aliphatic heterocycles. The van der Waals surface area contributed by atoms with Crippen LogP contribution in [0.15, 0.2) is 36.7 Å². The molecule has 3 saturated heterocycles. The molecule has 0 unspecified atom stereocenters. The van der Waals surface area contributed by atoms with Crippen LogP contribution in [0.4, 0.5) is 4.79 Å². The van der Waals surface area contributed by atoms with Crippen molar-refractivity contribution in [1.82, 2.24) is 20.0 Å². The number of nitrogens with one attached hydrogen (secondary N) is 1. The number of fused-ring (bicyclic) bond motifs is 3. The molecule has 5 nitrogen and oxygen atoms in total. The SMILES string of the molecule is O=C(N[C@H]1CN2CCC1CC2)n1cc(-c2ccccc2Cl)cn1. The number of carbonyl (C=O) groups excluding carboxylic acids is 1. The molecule has 120 valence electrons. The van der Waals surface area contributed by atoms with Gasteiger partial charge in [0.05, 0.1) is 6.20 Å². The number of carbonyl (C=O) groups is 1. The monoisotopic (exact) mass is 330 g/mol. The standard InChI is InChI=1S/C17H19ClN4O/c18-15-4-2-1-3-14(15)13-9-19-22(10-13)17(23)20-16-11-21-7-5-12(16)6-8-21/h1-4,9-10,12,16H,5-8,11H2,(H,20,23)/t16-/m0/s1. The average molecular weight is 331 g/mol. The molecule has 3 fully saturated rings. The zero-order valence-corrected chi connectivity index (χ0v) is 13.5. The highest BCUT2D eigenvalue weighted by Crippen LogP contribution is 2.28. The van der Waals surface area contributed by atoms with Gasteiger partial charge in [-0.3, -0.25) is 0 Å². The predicted octanol–water partition coefficient (Wildman–Crippen LogP) is 2.86. The molecule has 0 aliphatic carbocycles. The summed E-state index contributed by atoms with van der Waals surface area (Å²) in [6, 6.07) is 7.64. The first-order valence-corrected chi connectivity index (χ1v) is 8.41. The van der Waals surface area contributed by atoms with E-state index in [1.165, 1.54) is 17.5 Å². The van der Waals surface area contributed by atoms with Crippen molar-refractivity contribution in [3.63, 3.8) is 0 Å². The van der Waals surface area contributed by atoms with E-state index >= 15 is 0 Å². The summed E-state index contributed by atoms with van der Waals surface area (Å²) < 4.78 is 1.37. The Labute approximate surface area is 140 Å². The van der Waals surface area contributed by atoms with Gasteiger partial charge in [0.25, 0.3) is 0 Å². The van der Waals surface area contributed by atoms with Gasteiger partial charge in [-0.05, 0) is 37.9 Å². The normalized spacial score (nSPS) is 26.2. The lowest BCUT2D eigenvalue weighted by Crippen LogP contribution is -2.57. The molecule has 1 atom stereocenters. The molecule has 23 heavy (non-hydrogen) atoms. The fourth-order valence-corrected chi connectivity index (χ4v) is 3.87. The Morgan fingerprint density at radius 3 is 2.74 bits per heavy atom. The van der Waals surface area contributed by atoms with E-state index < -0.39 is 0 Å². The van der Waals surface area contributed by atoms with E-state index in [0.29, 0.717) is 10.9 Å². The maximum atomic E-state index is 12.5. The van der Waals surface area contributed by atoms with Crippen LogP contribution < -0.4 is 5.32 Å². The third-order valence-corrected chi connectivity index (χ3v) is 5.27. The van der Waals surface area contributed by atoms with Crippen LogP contribution in [0.25, 0.3) is 11.1 Å². The molecule has 1 aromatic carbocycles. The minimum Gasteiger partial charge on any atom is -0.332 e. The molecule has 0 radical (unpaired) electrons. The van der Waals surface area contributed by atoms with Crippen LogP contribution in [0.1, 0.15) is 12.8 Å². The molecule has 6 heteroatoms. The van der Waals surface area contributed by atoms with E-state index in [1.807, 2.05) is 24.3 Å². The molecular formula is C17H19ClN4O. The number of nitrogens with zero attached hydrogens (tertiary/aromatic N) is 3. The molecule has 1 aromatic heterocycles. The summed E-state index contributed by atoms with van der Waals surface area (Å²) in [5.41, 5.74) is 1.73. The number of rotatable bonds is 2. The van der Waals surface area contributed by atoms with Crippen molar-refractivity contribution in [3.8, 4) is 11.1 Å². The van der Waals surface area contributed by atoms with E-state index in [-0.39, 0.29) is 12.1 Å². The maximum absolute atomic E-state index is 12.5. The van der Waals surface area contributed by atoms with Crippen LogP contribution in [0.2, 0.25) is 5.02 Å². The fraction of sp³-hybridized carbons (Fsp3) is 0.412. The summed E-state index contributed by atoms with van der Waals surface area (Å²) in [4.78, 5) is 14.9. The van der Waals surface area contributed by atoms with Gasteiger partial charge in [0.2, 0.25) is 0 Å². The van der Waals surface area contributed by atoms with E-state index in [4.69, 9.17) is 11.6 Å². The third-order valence-electron chi connectivity index (χ3n) is 4.94. The van der Waals surface area contributed by atoms with E-state index in [0.717, 1.165) is 30.8 Å². The molecule has 0 saturated carbocycles. The highest BCUT2D eigenvalue weighted by molar-refractivity contribution is 6.33. The Morgan fingerprint density at radius 1 is 1.26 bits per heavy atom. The number of aromatic nitrogens is 2. The molecule has 0 spiro atoms. The van der Waals surface area contributed by atoms with Gasteiger partial charge < -0.3 is 10.2 Å². The quantitative estimate of drug-likeness (QED) is 0.921. The minimum absolute atomic E-state index is 0.165. The van der Waals surface area contributed by atoms with Crippen molar-refractivity contribution in [2.24, 2.45) is 5.92 Å². The van der Waals surface area contributed by atoms with Crippen LogP contribution in [0.5, 0.6) is 0 Å². The molecular weight excluding hydrogens is 312 g/mol. The zero-order chi connectivity index (χ0) is 15.8. The first kappa shape index (κ1) is 14.7. The fourth-order valence-electron chi connectivity index (χ4n) is 3.62. The van der Waals surface area contributed by atoms with Gasteiger partial charge in [-0.2, -0.15) is 9.78 Å². The third kappa shape index (κ3) is 2.86. The lowest BCUT2D eigenvalue weighted by Gasteiger charge is -2.44. The molecule has 5 rings (SSSR count). The summed E-state index contributed by atoms with van der Waals surface area (Å²) in [6.07, 6.45) is 5.76. The van der Waals surface area contributed by atoms with Crippen molar-refractivity contribution in [2.45, 2.75) is 18.9 Å². The Hall–Kier alpha value is -1.85. The lowest BCUT2D eigenvalue weighted by atomic mass is 9.84. The second-order valence-electron chi connectivity index (χ2n) is 6.35. The van der Waals surface area contributed by atoms with Crippen molar-refractivity contribution >= 4 is 17.6 Å². The number of halogens is 1. The van der Waals surface area contributed by atoms with Crippen LogP contribution in [-0.2, 0) is 0 Å². The number of benzene rings is 1. The molecule has 1 N–H and O–H groups in total. The van der Waals surface area contributed by atoms with Crippen LogP contribution >= 0.6 is 11.6 Å². The van der Waals surface area contributed by atoms with Gasteiger partial charge in [0.15, 0.2) is 0 Å². The van der Waals surface area contributed by atoms with Gasteiger partial charge in [0.1, 0.15) is 0 Å². The second-order valence-corrected chi connectivity index (χ2v) is 6.75. The second kappa shape index (κ2) is 5.98. The minimum atomic E-state index is -0.165. The molecule has 2 bridgehead atoms. The predicted molar refractivity (Wildman–Crippen MR) is 89.6 cm³/mol. The highest BCUT2D eigenvalue weighted by Gasteiger charge is 2.35. The Kier molecular flexibility index (Phi) is 3.83. The molecule has 1 amide bonds. The Bertz CT molecular complexity index is 721. The highest BCUT2D eigenvalue weighted by atomic mass is 35.5. The average Bonchev–Trinajstić information content (AvgIpc) is 3.06. The summed E-state index contributed by atoms with van der Waals surface area (Å²) in [5, 5.41) is 7.98. The van der Waals surface area contributed by atoms with E-state index in [1.54, 1.807) is 12.4 Å². The number of piperidine rings is 3. The van der Waals surface area contributed by atoms with Crippen molar-refractivity contribution in [3.05, 3.63) is 41.7 Å². The molecule has 2 aromatic rings. The maximum Gasteiger partial charge on any atom is 0.342 e. The van der Waals surface area contributed by atoms with Gasteiger partial charge in [0, 0.05) is 34.9 Å². The van der Waals surface area contributed by atoms with Crippen molar-refractivity contribution < 1.29 is 4.79 Å². The number of hydrogen-bond acceptors (Lipinski definition) is 3. The van der Waals surface area contributed by atoms with Crippen LogP contribution in [0, 0.1) is 5.92 Å². The first-order chi connectivity index (χ1) is 11.2. The van der Waals surface area contributed by atoms with Gasteiger partial charge in [-0.25, -0.2) is 4.79 Å². The van der Waals surface area contributed by atoms with Crippen molar-refractivity contribution in [1.29, 1.82) is 0 Å². The summed E-state index contributed by atoms with van der Waals surface area (Å²) in [7, 11) is 0. The Morgan fingerprint density at radius 2 is 2.04 bits per heavy atom. The largest absolute Gasteiger partial charge is 0.342 e. The smallest absolute Gasteiger partial charge is 0.332 e.